The normalized spacial score (nSPS) is 10.3. The smallest absolute Gasteiger partial charge is 0.341 e. The highest BCUT2D eigenvalue weighted by molar-refractivity contribution is 5.92. The third-order valence-electron chi connectivity index (χ3n) is 3.86. The van der Waals surface area contributed by atoms with Gasteiger partial charge in [0.1, 0.15) is 11.5 Å². The largest absolute Gasteiger partial charge is 0.493 e. The molecular weight excluding hydrogens is 334 g/mol. The van der Waals surface area contributed by atoms with Gasteiger partial charge in [-0.2, -0.15) is 0 Å². The van der Waals surface area contributed by atoms with Gasteiger partial charge >= 0.3 is 5.97 Å². The van der Waals surface area contributed by atoms with E-state index in [0.29, 0.717) is 18.0 Å². The minimum atomic E-state index is -1.04. The fourth-order valence-electron chi connectivity index (χ4n) is 2.43. The number of ether oxygens (including phenoxy) is 2. The Bertz CT molecular complexity index is 770. The fraction of sp³-hybridized carbons (Fsp3) is 0.300. The topological polar surface area (TPSA) is 76.1 Å². The van der Waals surface area contributed by atoms with Gasteiger partial charge in [0.25, 0.3) is 0 Å². The van der Waals surface area contributed by atoms with Gasteiger partial charge in [0.05, 0.1) is 13.0 Å². The van der Waals surface area contributed by atoms with E-state index < -0.39 is 12.6 Å². The van der Waals surface area contributed by atoms with Crippen molar-refractivity contribution in [3.8, 4) is 11.5 Å². The van der Waals surface area contributed by atoms with Crippen LogP contribution in [-0.4, -0.2) is 37.2 Å². The standard InChI is InChI=1S/C20H23NO5/c1-14-4-9-18(15(2)12-14)25-11-10-19(22)21(3)16-5-7-17(8-6-16)26-13-20(23)24/h4-9,12H,10-11,13H2,1-3H3,(H,23,24). The van der Waals surface area contributed by atoms with Crippen molar-refractivity contribution in [2.24, 2.45) is 0 Å². The molecule has 0 spiro atoms. The zero-order valence-electron chi connectivity index (χ0n) is 15.2. The number of aliphatic carboxylic acids is 1. The number of nitrogens with zero attached hydrogens (tertiary/aromatic N) is 1. The monoisotopic (exact) mass is 357 g/mol. The number of amides is 1. The van der Waals surface area contributed by atoms with Crippen molar-refractivity contribution >= 4 is 17.6 Å². The van der Waals surface area contributed by atoms with E-state index in [2.05, 4.69) is 0 Å². The number of hydrogen-bond acceptors (Lipinski definition) is 4. The molecule has 2 rings (SSSR count). The van der Waals surface area contributed by atoms with Crippen molar-refractivity contribution in [2.45, 2.75) is 20.3 Å². The highest BCUT2D eigenvalue weighted by atomic mass is 16.5. The average molecular weight is 357 g/mol. The van der Waals surface area contributed by atoms with Gasteiger partial charge in [-0.15, -0.1) is 0 Å². The van der Waals surface area contributed by atoms with Crippen LogP contribution in [0.3, 0.4) is 0 Å². The van der Waals surface area contributed by atoms with Gasteiger partial charge in [-0.1, -0.05) is 17.7 Å². The minimum Gasteiger partial charge on any atom is -0.493 e. The lowest BCUT2D eigenvalue weighted by Crippen LogP contribution is -2.27. The first-order chi connectivity index (χ1) is 12.4. The van der Waals surface area contributed by atoms with Crippen molar-refractivity contribution < 1.29 is 24.2 Å². The number of benzene rings is 2. The van der Waals surface area contributed by atoms with Crippen molar-refractivity contribution in [1.82, 2.24) is 0 Å². The molecule has 0 saturated carbocycles. The van der Waals surface area contributed by atoms with E-state index in [1.807, 2.05) is 32.0 Å². The number of anilines is 1. The first-order valence-electron chi connectivity index (χ1n) is 8.28. The predicted octanol–water partition coefficient (Wildman–Crippen LogP) is 3.20. The number of carboxylic acid groups (broad SMARTS) is 1. The molecule has 1 amide bonds. The van der Waals surface area contributed by atoms with E-state index in [1.165, 1.54) is 10.5 Å². The van der Waals surface area contributed by atoms with Crippen LogP contribution in [0.1, 0.15) is 17.5 Å². The van der Waals surface area contributed by atoms with Crippen LogP contribution in [0.4, 0.5) is 5.69 Å². The van der Waals surface area contributed by atoms with E-state index in [0.717, 1.165) is 11.3 Å². The van der Waals surface area contributed by atoms with Gasteiger partial charge in [-0.3, -0.25) is 4.79 Å². The highest BCUT2D eigenvalue weighted by Crippen LogP contribution is 2.21. The third kappa shape index (κ3) is 5.51. The maximum absolute atomic E-state index is 12.3. The molecule has 6 nitrogen and oxygen atoms in total. The first-order valence-corrected chi connectivity index (χ1v) is 8.28. The SMILES string of the molecule is Cc1ccc(OCCC(=O)N(C)c2ccc(OCC(=O)O)cc2)c(C)c1. The van der Waals surface area contributed by atoms with Crippen LogP contribution in [0.5, 0.6) is 11.5 Å². The zero-order chi connectivity index (χ0) is 19.1. The molecule has 0 aromatic heterocycles. The molecule has 0 bridgehead atoms. The van der Waals surface area contributed by atoms with Gasteiger partial charge < -0.3 is 19.5 Å². The molecule has 0 radical (unpaired) electrons. The molecule has 0 fully saturated rings. The molecular formula is C20H23NO5. The summed E-state index contributed by atoms with van der Waals surface area (Å²) in [6, 6.07) is 12.6. The number of carbonyl (C=O) groups excluding carboxylic acids is 1. The molecule has 0 aliphatic rings. The quantitative estimate of drug-likeness (QED) is 0.785. The van der Waals surface area contributed by atoms with Gasteiger partial charge in [0, 0.05) is 12.7 Å². The van der Waals surface area contributed by atoms with Gasteiger partial charge in [-0.25, -0.2) is 4.79 Å². The number of carbonyl (C=O) groups is 2. The summed E-state index contributed by atoms with van der Waals surface area (Å²) < 4.78 is 10.8. The Balaban J connectivity index is 1.85. The van der Waals surface area contributed by atoms with Crippen LogP contribution in [-0.2, 0) is 9.59 Å². The van der Waals surface area contributed by atoms with E-state index in [-0.39, 0.29) is 12.3 Å². The molecule has 2 aromatic carbocycles. The fourth-order valence-corrected chi connectivity index (χ4v) is 2.43. The highest BCUT2D eigenvalue weighted by Gasteiger charge is 2.12. The summed E-state index contributed by atoms with van der Waals surface area (Å²) in [5.41, 5.74) is 2.91. The van der Waals surface area contributed by atoms with Crippen molar-refractivity contribution in [3.63, 3.8) is 0 Å². The Hall–Kier alpha value is -3.02. The summed E-state index contributed by atoms with van der Waals surface area (Å²) in [7, 11) is 1.69. The Morgan fingerprint density at radius 2 is 1.73 bits per heavy atom. The maximum atomic E-state index is 12.3. The Morgan fingerprint density at radius 1 is 1.04 bits per heavy atom. The van der Waals surface area contributed by atoms with E-state index in [1.54, 1.807) is 31.3 Å². The summed E-state index contributed by atoms with van der Waals surface area (Å²) in [4.78, 5) is 24.3. The Labute approximate surface area is 153 Å². The zero-order valence-corrected chi connectivity index (χ0v) is 15.2. The minimum absolute atomic E-state index is 0.0750. The molecule has 0 unspecified atom stereocenters. The second-order valence-electron chi connectivity index (χ2n) is 6.00. The third-order valence-corrected chi connectivity index (χ3v) is 3.86. The molecule has 0 saturated heterocycles. The van der Waals surface area contributed by atoms with Crippen LogP contribution in [0.2, 0.25) is 0 Å². The van der Waals surface area contributed by atoms with Crippen molar-refractivity contribution in [2.75, 3.05) is 25.2 Å². The lowest BCUT2D eigenvalue weighted by molar-refractivity contribution is -0.139. The number of rotatable bonds is 8. The summed E-state index contributed by atoms with van der Waals surface area (Å²) in [6.45, 7) is 3.90. The van der Waals surface area contributed by atoms with E-state index in [9.17, 15) is 9.59 Å². The lowest BCUT2D eigenvalue weighted by atomic mass is 10.1. The first kappa shape index (κ1) is 19.3. The van der Waals surface area contributed by atoms with Crippen LogP contribution in [0.25, 0.3) is 0 Å². The van der Waals surface area contributed by atoms with Crippen LogP contribution in [0, 0.1) is 13.8 Å². The second kappa shape index (κ2) is 8.89. The molecule has 138 valence electrons. The Morgan fingerprint density at radius 3 is 2.35 bits per heavy atom. The summed E-state index contributed by atoms with van der Waals surface area (Å²) >= 11 is 0. The Kier molecular flexibility index (Phi) is 6.60. The molecule has 26 heavy (non-hydrogen) atoms. The average Bonchev–Trinajstić information content (AvgIpc) is 2.61. The summed E-state index contributed by atoms with van der Waals surface area (Å²) in [5, 5.41) is 8.60. The number of carboxylic acids is 1. The van der Waals surface area contributed by atoms with E-state index in [4.69, 9.17) is 14.6 Å². The van der Waals surface area contributed by atoms with Crippen LogP contribution in [0.15, 0.2) is 42.5 Å². The predicted molar refractivity (Wildman–Crippen MR) is 99.0 cm³/mol. The molecule has 0 aliphatic heterocycles. The second-order valence-corrected chi connectivity index (χ2v) is 6.00. The van der Waals surface area contributed by atoms with E-state index >= 15 is 0 Å². The number of aryl methyl sites for hydroxylation is 2. The molecule has 2 aromatic rings. The van der Waals surface area contributed by atoms with Crippen molar-refractivity contribution in [3.05, 3.63) is 53.6 Å². The molecule has 1 N–H and O–H groups in total. The number of hydrogen-bond donors (Lipinski definition) is 1. The van der Waals surface area contributed by atoms with Crippen LogP contribution >= 0.6 is 0 Å². The van der Waals surface area contributed by atoms with Gasteiger partial charge in [0.2, 0.25) is 5.91 Å². The lowest BCUT2D eigenvalue weighted by Gasteiger charge is -2.18. The summed E-state index contributed by atoms with van der Waals surface area (Å²) in [6.07, 6.45) is 0.251. The molecule has 0 heterocycles. The molecule has 0 aliphatic carbocycles. The molecule has 6 heteroatoms. The van der Waals surface area contributed by atoms with Crippen molar-refractivity contribution in [1.29, 1.82) is 0 Å². The van der Waals surface area contributed by atoms with Crippen LogP contribution < -0.4 is 14.4 Å². The molecule has 0 atom stereocenters. The maximum Gasteiger partial charge on any atom is 0.341 e. The van der Waals surface area contributed by atoms with Gasteiger partial charge in [-0.05, 0) is 49.7 Å². The summed E-state index contributed by atoms with van der Waals surface area (Å²) in [5.74, 6) is 0.111. The van der Waals surface area contributed by atoms with Gasteiger partial charge in [0.15, 0.2) is 6.61 Å².